The number of carbonyl (C=O) groups is 1. The van der Waals surface area contributed by atoms with Gasteiger partial charge in [0.2, 0.25) is 5.91 Å². The maximum atomic E-state index is 12.1. The third-order valence-corrected chi connectivity index (χ3v) is 4.45. The number of anilines is 1. The van der Waals surface area contributed by atoms with E-state index in [0.717, 1.165) is 22.8 Å². The van der Waals surface area contributed by atoms with Crippen molar-refractivity contribution in [2.45, 2.75) is 12.5 Å². The van der Waals surface area contributed by atoms with Crippen molar-refractivity contribution in [2.75, 3.05) is 30.5 Å². The van der Waals surface area contributed by atoms with Gasteiger partial charge in [0.15, 0.2) is 11.5 Å². The van der Waals surface area contributed by atoms with E-state index in [1.54, 1.807) is 17.8 Å². The summed E-state index contributed by atoms with van der Waals surface area (Å²) >= 11 is 1.67. The van der Waals surface area contributed by atoms with E-state index in [-0.39, 0.29) is 5.91 Å². The molecule has 1 atom stereocenters. The standard InChI is InChI=1S/C18H21N3O3S/c1-25-10-7-13(19)18(22)21-17-4-2-3-14(20-17)12-5-6-15-16(11-12)24-9-8-23-15/h2-6,11,13H,7-10,19H2,1H3,(H,20,21,22)/t13-/m0/s1. The number of carbonyl (C=O) groups excluding carboxylic acids is 1. The van der Waals surface area contributed by atoms with Gasteiger partial charge in [0.05, 0.1) is 11.7 Å². The molecule has 0 unspecified atom stereocenters. The van der Waals surface area contributed by atoms with Crippen molar-refractivity contribution in [1.82, 2.24) is 4.98 Å². The van der Waals surface area contributed by atoms with E-state index in [2.05, 4.69) is 10.3 Å². The Bertz CT molecular complexity index is 754. The van der Waals surface area contributed by atoms with Crippen LogP contribution in [0.15, 0.2) is 36.4 Å². The van der Waals surface area contributed by atoms with Crippen LogP contribution in [0.4, 0.5) is 5.82 Å². The Labute approximate surface area is 151 Å². The summed E-state index contributed by atoms with van der Waals surface area (Å²) in [6.45, 7) is 1.09. The Morgan fingerprint density at radius 1 is 1.28 bits per heavy atom. The Morgan fingerprint density at radius 2 is 2.08 bits per heavy atom. The predicted octanol–water partition coefficient (Wildman–Crippen LogP) is 2.54. The van der Waals surface area contributed by atoms with Crippen LogP contribution in [0.2, 0.25) is 0 Å². The van der Waals surface area contributed by atoms with Gasteiger partial charge in [-0.05, 0) is 48.8 Å². The number of aromatic nitrogens is 1. The molecule has 1 aliphatic heterocycles. The second kappa shape index (κ2) is 8.22. The number of nitrogens with one attached hydrogen (secondary N) is 1. The van der Waals surface area contributed by atoms with Gasteiger partial charge >= 0.3 is 0 Å². The minimum atomic E-state index is -0.535. The van der Waals surface area contributed by atoms with Gasteiger partial charge in [0.25, 0.3) is 0 Å². The number of benzene rings is 1. The summed E-state index contributed by atoms with van der Waals surface area (Å²) in [6, 6.07) is 10.6. The lowest BCUT2D eigenvalue weighted by molar-refractivity contribution is -0.117. The number of fused-ring (bicyclic) bond motifs is 1. The molecule has 0 saturated heterocycles. The van der Waals surface area contributed by atoms with Crippen LogP contribution in [0.1, 0.15) is 6.42 Å². The summed E-state index contributed by atoms with van der Waals surface area (Å²) in [6.07, 6.45) is 2.62. The molecule has 0 spiro atoms. The van der Waals surface area contributed by atoms with Gasteiger partial charge < -0.3 is 20.5 Å². The largest absolute Gasteiger partial charge is 0.486 e. The molecule has 1 amide bonds. The van der Waals surface area contributed by atoms with Crippen molar-refractivity contribution in [3.63, 3.8) is 0 Å². The smallest absolute Gasteiger partial charge is 0.242 e. The van der Waals surface area contributed by atoms with Crippen LogP contribution in [-0.4, -0.2) is 42.2 Å². The van der Waals surface area contributed by atoms with E-state index < -0.39 is 6.04 Å². The van der Waals surface area contributed by atoms with Crippen molar-refractivity contribution >= 4 is 23.5 Å². The molecule has 1 aromatic carbocycles. The fourth-order valence-electron chi connectivity index (χ4n) is 2.46. The first-order chi connectivity index (χ1) is 12.2. The number of ether oxygens (including phenoxy) is 2. The lowest BCUT2D eigenvalue weighted by Gasteiger charge is -2.19. The molecule has 0 fully saturated rings. The van der Waals surface area contributed by atoms with E-state index in [0.29, 0.717) is 31.2 Å². The van der Waals surface area contributed by atoms with Crippen LogP contribution in [0.3, 0.4) is 0 Å². The molecule has 6 nitrogen and oxygen atoms in total. The summed E-state index contributed by atoms with van der Waals surface area (Å²) in [5.74, 6) is 2.55. The molecule has 0 bridgehead atoms. The van der Waals surface area contributed by atoms with E-state index in [1.807, 2.05) is 36.6 Å². The van der Waals surface area contributed by atoms with Crippen LogP contribution in [0.25, 0.3) is 11.3 Å². The number of nitrogens with zero attached hydrogens (tertiary/aromatic N) is 1. The van der Waals surface area contributed by atoms with Crippen LogP contribution in [0, 0.1) is 0 Å². The Balaban J connectivity index is 1.74. The molecule has 0 radical (unpaired) electrons. The molecule has 1 aromatic heterocycles. The quantitative estimate of drug-likeness (QED) is 0.824. The van der Waals surface area contributed by atoms with Gasteiger partial charge in [-0.2, -0.15) is 11.8 Å². The first-order valence-corrected chi connectivity index (χ1v) is 9.49. The number of nitrogens with two attached hydrogens (primary N) is 1. The van der Waals surface area contributed by atoms with E-state index in [9.17, 15) is 4.79 Å². The molecule has 7 heteroatoms. The molecule has 2 aromatic rings. The number of hydrogen-bond acceptors (Lipinski definition) is 6. The summed E-state index contributed by atoms with van der Waals surface area (Å²) < 4.78 is 11.1. The maximum Gasteiger partial charge on any atom is 0.242 e. The average molecular weight is 359 g/mol. The molecule has 3 N–H and O–H groups in total. The molecule has 25 heavy (non-hydrogen) atoms. The molecule has 3 rings (SSSR count). The molecule has 0 saturated carbocycles. The predicted molar refractivity (Wildman–Crippen MR) is 100 cm³/mol. The van der Waals surface area contributed by atoms with Crippen molar-refractivity contribution < 1.29 is 14.3 Å². The number of amides is 1. The zero-order valence-electron chi connectivity index (χ0n) is 14.0. The minimum Gasteiger partial charge on any atom is -0.486 e. The fraction of sp³-hybridized carbons (Fsp3) is 0.333. The number of thioether (sulfide) groups is 1. The molecule has 1 aliphatic rings. The highest BCUT2D eigenvalue weighted by molar-refractivity contribution is 7.98. The van der Waals surface area contributed by atoms with Gasteiger partial charge in [0.1, 0.15) is 19.0 Å². The second-order valence-corrected chi connectivity index (χ2v) is 6.63. The number of hydrogen-bond donors (Lipinski definition) is 2. The molecular weight excluding hydrogens is 338 g/mol. The Kier molecular flexibility index (Phi) is 5.78. The zero-order chi connectivity index (χ0) is 17.6. The minimum absolute atomic E-state index is 0.221. The fourth-order valence-corrected chi connectivity index (χ4v) is 2.95. The van der Waals surface area contributed by atoms with Crippen LogP contribution in [0.5, 0.6) is 11.5 Å². The van der Waals surface area contributed by atoms with Gasteiger partial charge in [-0.15, -0.1) is 0 Å². The first kappa shape index (κ1) is 17.6. The summed E-state index contributed by atoms with van der Waals surface area (Å²) in [5.41, 5.74) is 7.53. The van der Waals surface area contributed by atoms with E-state index in [4.69, 9.17) is 15.2 Å². The highest BCUT2D eigenvalue weighted by Gasteiger charge is 2.15. The maximum absolute atomic E-state index is 12.1. The van der Waals surface area contributed by atoms with Crippen molar-refractivity contribution in [3.05, 3.63) is 36.4 Å². The van der Waals surface area contributed by atoms with Crippen LogP contribution >= 0.6 is 11.8 Å². The van der Waals surface area contributed by atoms with Crippen molar-refractivity contribution in [1.29, 1.82) is 0 Å². The number of rotatable bonds is 6. The summed E-state index contributed by atoms with van der Waals surface area (Å²) in [7, 11) is 0. The zero-order valence-corrected chi connectivity index (χ0v) is 14.8. The SMILES string of the molecule is CSCC[C@H](N)C(=O)Nc1cccc(-c2ccc3c(c2)OCCO3)n1. The lowest BCUT2D eigenvalue weighted by Crippen LogP contribution is -2.36. The van der Waals surface area contributed by atoms with Gasteiger partial charge in [0, 0.05) is 5.56 Å². The molecule has 2 heterocycles. The highest BCUT2D eigenvalue weighted by atomic mass is 32.2. The van der Waals surface area contributed by atoms with Crippen LogP contribution in [-0.2, 0) is 4.79 Å². The van der Waals surface area contributed by atoms with Gasteiger partial charge in [-0.1, -0.05) is 6.07 Å². The first-order valence-electron chi connectivity index (χ1n) is 8.10. The van der Waals surface area contributed by atoms with Gasteiger partial charge in [-0.25, -0.2) is 4.98 Å². The monoisotopic (exact) mass is 359 g/mol. The molecule has 132 valence electrons. The van der Waals surface area contributed by atoms with Crippen molar-refractivity contribution in [3.8, 4) is 22.8 Å². The lowest BCUT2D eigenvalue weighted by atomic mass is 10.1. The normalized spacial score (nSPS) is 14.0. The Morgan fingerprint density at radius 3 is 2.88 bits per heavy atom. The van der Waals surface area contributed by atoms with Crippen LogP contribution < -0.4 is 20.5 Å². The third kappa shape index (κ3) is 4.43. The van der Waals surface area contributed by atoms with E-state index in [1.165, 1.54) is 0 Å². The average Bonchev–Trinajstić information content (AvgIpc) is 2.65. The number of pyridine rings is 1. The van der Waals surface area contributed by atoms with Gasteiger partial charge in [-0.3, -0.25) is 4.79 Å². The summed E-state index contributed by atoms with van der Waals surface area (Å²) in [4.78, 5) is 16.6. The summed E-state index contributed by atoms with van der Waals surface area (Å²) in [5, 5.41) is 2.78. The highest BCUT2D eigenvalue weighted by Crippen LogP contribution is 2.34. The third-order valence-electron chi connectivity index (χ3n) is 3.81. The van der Waals surface area contributed by atoms with Crippen molar-refractivity contribution in [2.24, 2.45) is 5.73 Å². The molecule has 0 aliphatic carbocycles. The second-order valence-electron chi connectivity index (χ2n) is 5.64. The Hall–Kier alpha value is -2.25. The topological polar surface area (TPSA) is 86.5 Å². The molecular formula is C18H21N3O3S. The van der Waals surface area contributed by atoms with E-state index >= 15 is 0 Å².